The molecule has 94 valence electrons. The van der Waals surface area contributed by atoms with Gasteiger partial charge in [0.15, 0.2) is 0 Å². The number of hydrogen-bond donors (Lipinski definition) is 0. The summed E-state index contributed by atoms with van der Waals surface area (Å²) in [7, 11) is 0. The number of nitrogens with zero attached hydrogens (tertiary/aromatic N) is 2. The van der Waals surface area contributed by atoms with Gasteiger partial charge in [0.1, 0.15) is 0 Å². The molecule has 0 saturated carbocycles. The predicted molar refractivity (Wildman–Crippen MR) is 65.2 cm³/mol. The van der Waals surface area contributed by atoms with Crippen molar-refractivity contribution < 1.29 is 14.5 Å². The van der Waals surface area contributed by atoms with Crippen LogP contribution in [0.1, 0.15) is 6.92 Å². The summed E-state index contributed by atoms with van der Waals surface area (Å²) in [6.45, 7) is 1.78. The highest BCUT2D eigenvalue weighted by atomic mass is 32.1. The van der Waals surface area contributed by atoms with E-state index in [9.17, 15) is 19.7 Å². The lowest BCUT2D eigenvalue weighted by molar-refractivity contribution is -0.384. The van der Waals surface area contributed by atoms with Crippen LogP contribution in [-0.4, -0.2) is 22.2 Å². The van der Waals surface area contributed by atoms with Crippen LogP contribution in [0, 0.1) is 10.1 Å². The molecule has 0 bridgehead atoms. The van der Waals surface area contributed by atoms with Gasteiger partial charge < -0.3 is 4.74 Å². The molecule has 0 unspecified atom stereocenters. The van der Waals surface area contributed by atoms with E-state index in [1.807, 2.05) is 0 Å². The zero-order chi connectivity index (χ0) is 13.3. The van der Waals surface area contributed by atoms with E-state index >= 15 is 0 Å². The largest absolute Gasteiger partial charge is 0.449 e. The Bertz CT molecular complexity index is 687. The summed E-state index contributed by atoms with van der Waals surface area (Å²) in [5.74, 6) is 0. The number of fused-ring (bicyclic) bond motifs is 1. The van der Waals surface area contributed by atoms with Crippen LogP contribution in [-0.2, 0) is 4.74 Å². The molecule has 0 aliphatic heterocycles. The highest BCUT2D eigenvalue weighted by molar-refractivity contribution is 7.16. The number of nitro benzene ring substituents is 1. The van der Waals surface area contributed by atoms with Crippen molar-refractivity contribution in [3.8, 4) is 0 Å². The maximum atomic E-state index is 11.6. The Labute approximate surface area is 104 Å². The second kappa shape index (κ2) is 4.57. The Hall–Kier alpha value is -2.22. The van der Waals surface area contributed by atoms with Gasteiger partial charge in [-0.2, -0.15) is 0 Å². The molecule has 0 spiro atoms. The summed E-state index contributed by atoms with van der Waals surface area (Å²) < 4.78 is 6.00. The Morgan fingerprint density at radius 1 is 1.56 bits per heavy atom. The molecule has 0 aliphatic carbocycles. The minimum Gasteiger partial charge on any atom is -0.449 e. The first kappa shape index (κ1) is 12.2. The fourth-order valence-corrected chi connectivity index (χ4v) is 2.38. The van der Waals surface area contributed by atoms with Gasteiger partial charge in [0.05, 0.1) is 21.7 Å². The van der Waals surface area contributed by atoms with Gasteiger partial charge in [0.25, 0.3) is 5.69 Å². The van der Waals surface area contributed by atoms with Crippen LogP contribution in [0.4, 0.5) is 10.5 Å². The van der Waals surface area contributed by atoms with E-state index < -0.39 is 15.9 Å². The van der Waals surface area contributed by atoms with Crippen molar-refractivity contribution in [2.45, 2.75) is 6.92 Å². The van der Waals surface area contributed by atoms with Crippen LogP contribution in [0.3, 0.4) is 0 Å². The molecule has 18 heavy (non-hydrogen) atoms. The second-order valence-corrected chi connectivity index (χ2v) is 4.30. The maximum absolute atomic E-state index is 11.6. The number of carbonyl (C=O) groups excluding carboxylic acids is 1. The minimum atomic E-state index is -0.775. The first-order valence-corrected chi connectivity index (χ1v) is 5.83. The smallest absolute Gasteiger partial charge is 0.422 e. The first-order chi connectivity index (χ1) is 8.54. The van der Waals surface area contributed by atoms with Gasteiger partial charge in [-0.15, -0.1) is 0 Å². The van der Waals surface area contributed by atoms with E-state index in [0.29, 0.717) is 10.2 Å². The molecule has 0 fully saturated rings. The average Bonchev–Trinajstić information content (AvgIpc) is 2.63. The summed E-state index contributed by atoms with van der Waals surface area (Å²) in [4.78, 5) is 32.7. The summed E-state index contributed by atoms with van der Waals surface area (Å²) in [6.07, 6.45) is -0.775. The monoisotopic (exact) mass is 268 g/mol. The molecule has 2 aromatic rings. The molecule has 1 heterocycles. The Morgan fingerprint density at radius 3 is 2.89 bits per heavy atom. The third kappa shape index (κ3) is 1.97. The number of rotatable bonds is 2. The predicted octanol–water partition coefficient (Wildman–Crippen LogP) is 1.98. The number of nitro groups is 1. The summed E-state index contributed by atoms with van der Waals surface area (Å²) in [5, 5.41) is 10.6. The molecule has 0 saturated heterocycles. The second-order valence-electron chi connectivity index (χ2n) is 3.31. The molecule has 0 amide bonds. The minimum absolute atomic E-state index is 0.125. The van der Waals surface area contributed by atoms with Crippen molar-refractivity contribution in [3.63, 3.8) is 0 Å². The van der Waals surface area contributed by atoms with E-state index in [2.05, 4.69) is 0 Å². The number of aromatic nitrogens is 1. The Morgan fingerprint density at radius 2 is 2.28 bits per heavy atom. The molecule has 0 aliphatic rings. The lowest BCUT2D eigenvalue weighted by Gasteiger charge is -2.01. The highest BCUT2D eigenvalue weighted by Gasteiger charge is 2.17. The SMILES string of the molecule is CCOC(=O)n1c(=O)sc2cc([N+](=O)[O-])ccc21. The van der Waals surface area contributed by atoms with Gasteiger partial charge in [-0.05, 0) is 13.0 Å². The number of thiazole rings is 1. The maximum Gasteiger partial charge on any atom is 0.422 e. The van der Waals surface area contributed by atoms with E-state index in [-0.39, 0.29) is 12.3 Å². The first-order valence-electron chi connectivity index (χ1n) is 5.01. The number of hydrogen-bond acceptors (Lipinski definition) is 6. The number of benzene rings is 1. The highest BCUT2D eigenvalue weighted by Crippen LogP contribution is 2.23. The molecule has 2 rings (SSSR count). The molecular weight excluding hydrogens is 260 g/mol. The van der Waals surface area contributed by atoms with E-state index in [0.717, 1.165) is 15.9 Å². The van der Waals surface area contributed by atoms with Crippen molar-refractivity contribution in [2.75, 3.05) is 6.61 Å². The number of carbonyl (C=O) groups is 1. The molecule has 8 heteroatoms. The van der Waals surface area contributed by atoms with Gasteiger partial charge in [-0.25, -0.2) is 9.36 Å². The lowest BCUT2D eigenvalue weighted by Crippen LogP contribution is -2.23. The van der Waals surface area contributed by atoms with Crippen molar-refractivity contribution in [1.29, 1.82) is 0 Å². The van der Waals surface area contributed by atoms with Crippen LogP contribution in [0.2, 0.25) is 0 Å². The van der Waals surface area contributed by atoms with E-state index in [1.54, 1.807) is 6.92 Å². The third-order valence-electron chi connectivity index (χ3n) is 2.23. The van der Waals surface area contributed by atoms with Gasteiger partial charge in [-0.3, -0.25) is 14.9 Å². The van der Waals surface area contributed by atoms with Crippen LogP contribution in [0.5, 0.6) is 0 Å². The number of non-ortho nitro benzene ring substituents is 1. The molecule has 0 N–H and O–H groups in total. The normalized spacial score (nSPS) is 10.5. The van der Waals surface area contributed by atoms with Gasteiger partial charge in [0.2, 0.25) is 0 Å². The van der Waals surface area contributed by atoms with Crippen molar-refractivity contribution in [1.82, 2.24) is 4.57 Å². The van der Waals surface area contributed by atoms with Crippen molar-refractivity contribution in [2.24, 2.45) is 0 Å². The quantitative estimate of drug-likeness (QED) is 0.613. The van der Waals surface area contributed by atoms with Gasteiger partial charge in [0, 0.05) is 12.1 Å². The van der Waals surface area contributed by atoms with Crippen molar-refractivity contribution >= 4 is 33.3 Å². The van der Waals surface area contributed by atoms with E-state index in [4.69, 9.17) is 4.74 Å². The summed E-state index contributed by atoms with van der Waals surface area (Å²) >= 11 is 0.767. The lowest BCUT2D eigenvalue weighted by atomic mass is 10.3. The van der Waals surface area contributed by atoms with Crippen LogP contribution < -0.4 is 4.87 Å². The summed E-state index contributed by atoms with van der Waals surface area (Å²) in [6, 6.07) is 3.86. The average molecular weight is 268 g/mol. The van der Waals surface area contributed by atoms with Gasteiger partial charge in [-0.1, -0.05) is 11.3 Å². The fraction of sp³-hybridized carbons (Fsp3) is 0.200. The number of ether oxygens (including phenoxy) is 1. The Kier molecular flexibility index (Phi) is 3.11. The zero-order valence-corrected chi connectivity index (χ0v) is 10.1. The summed E-state index contributed by atoms with van der Waals surface area (Å²) in [5.41, 5.74) is 0.189. The standard InChI is InChI=1S/C10H8N2O5S/c1-2-17-9(13)11-7-4-3-6(12(15)16)5-8(7)18-10(11)14/h3-5H,2H2,1H3. The van der Waals surface area contributed by atoms with Crippen molar-refractivity contribution in [3.05, 3.63) is 38.0 Å². The van der Waals surface area contributed by atoms with Crippen LogP contribution in [0.15, 0.2) is 23.0 Å². The third-order valence-corrected chi connectivity index (χ3v) is 3.13. The molecule has 1 aromatic heterocycles. The van der Waals surface area contributed by atoms with E-state index in [1.165, 1.54) is 18.2 Å². The zero-order valence-electron chi connectivity index (χ0n) is 9.28. The topological polar surface area (TPSA) is 91.4 Å². The van der Waals surface area contributed by atoms with Crippen LogP contribution >= 0.6 is 11.3 Å². The van der Waals surface area contributed by atoms with Gasteiger partial charge >= 0.3 is 11.0 Å². The van der Waals surface area contributed by atoms with Crippen LogP contribution in [0.25, 0.3) is 10.2 Å². The molecule has 7 nitrogen and oxygen atoms in total. The molecule has 0 atom stereocenters. The fourth-order valence-electron chi connectivity index (χ4n) is 1.48. The molecule has 1 aromatic carbocycles. The Balaban J connectivity index is 2.63. The molecule has 0 radical (unpaired) electrons. The molecular formula is C10H8N2O5S.